The van der Waals surface area contributed by atoms with Gasteiger partial charge in [-0.15, -0.1) is 0 Å². The molecule has 3 heteroatoms. The van der Waals surface area contributed by atoms with Gasteiger partial charge in [0, 0.05) is 5.56 Å². The van der Waals surface area contributed by atoms with Crippen LogP contribution in [0.1, 0.15) is 50.5 Å². The third kappa shape index (κ3) is 2.13. The summed E-state index contributed by atoms with van der Waals surface area (Å²) in [5.74, 6) is 2.70. The van der Waals surface area contributed by atoms with E-state index in [2.05, 4.69) is 27.7 Å². The van der Waals surface area contributed by atoms with Crippen molar-refractivity contribution in [3.63, 3.8) is 0 Å². The van der Waals surface area contributed by atoms with Crippen molar-refractivity contribution in [1.29, 1.82) is 0 Å². The fourth-order valence-corrected chi connectivity index (χ4v) is 2.80. The number of rotatable bonds is 4. The monoisotopic (exact) mass is 284 g/mol. The molecule has 21 heavy (non-hydrogen) atoms. The van der Waals surface area contributed by atoms with Crippen LogP contribution in [0.15, 0.2) is 62.4 Å². The number of furan rings is 3. The first-order valence-electron chi connectivity index (χ1n) is 7.10. The molecular formula is C18H20O3. The van der Waals surface area contributed by atoms with Crippen LogP contribution in [0.5, 0.6) is 0 Å². The minimum Gasteiger partial charge on any atom is -0.468 e. The van der Waals surface area contributed by atoms with Gasteiger partial charge in [-0.05, 0) is 58.0 Å². The van der Waals surface area contributed by atoms with Gasteiger partial charge in [-0.25, -0.2) is 0 Å². The van der Waals surface area contributed by atoms with Gasteiger partial charge in [-0.2, -0.15) is 0 Å². The van der Waals surface area contributed by atoms with Gasteiger partial charge in [0.1, 0.15) is 17.3 Å². The molecule has 110 valence electrons. The summed E-state index contributed by atoms with van der Waals surface area (Å²) in [6.07, 6.45) is 5.13. The topological polar surface area (TPSA) is 39.4 Å². The average molecular weight is 284 g/mol. The molecule has 3 aromatic heterocycles. The Morgan fingerprint density at radius 2 is 1.24 bits per heavy atom. The zero-order valence-electron chi connectivity index (χ0n) is 12.8. The molecule has 0 spiro atoms. The Bertz CT molecular complexity index is 637. The summed E-state index contributed by atoms with van der Waals surface area (Å²) in [4.78, 5) is 0. The van der Waals surface area contributed by atoms with Gasteiger partial charge in [-0.1, -0.05) is 0 Å². The van der Waals surface area contributed by atoms with E-state index in [0.29, 0.717) is 0 Å². The second-order valence-electron chi connectivity index (χ2n) is 6.37. The predicted octanol–water partition coefficient (Wildman–Crippen LogP) is 5.12. The minimum atomic E-state index is -0.341. The molecule has 3 heterocycles. The van der Waals surface area contributed by atoms with E-state index in [9.17, 15) is 0 Å². The van der Waals surface area contributed by atoms with Crippen LogP contribution in [0, 0.1) is 0 Å². The first kappa shape index (κ1) is 13.8. The highest BCUT2D eigenvalue weighted by Gasteiger charge is 2.38. The zero-order chi connectivity index (χ0) is 15.1. The fourth-order valence-electron chi connectivity index (χ4n) is 2.80. The molecule has 0 radical (unpaired) electrons. The molecule has 0 fully saturated rings. The van der Waals surface area contributed by atoms with E-state index in [1.165, 1.54) is 0 Å². The second-order valence-corrected chi connectivity index (χ2v) is 6.37. The Morgan fingerprint density at radius 1 is 0.667 bits per heavy atom. The van der Waals surface area contributed by atoms with E-state index in [4.69, 9.17) is 13.3 Å². The summed E-state index contributed by atoms with van der Waals surface area (Å²) in [7, 11) is 0. The van der Waals surface area contributed by atoms with Crippen molar-refractivity contribution < 1.29 is 13.3 Å². The van der Waals surface area contributed by atoms with Crippen molar-refractivity contribution in [2.45, 2.75) is 38.5 Å². The van der Waals surface area contributed by atoms with Crippen molar-refractivity contribution in [3.05, 3.63) is 72.0 Å². The van der Waals surface area contributed by atoms with Gasteiger partial charge in [0.25, 0.3) is 0 Å². The Kier molecular flexibility index (Phi) is 3.08. The van der Waals surface area contributed by atoms with Crippen LogP contribution >= 0.6 is 0 Å². The molecule has 3 rings (SSSR count). The Morgan fingerprint density at radius 3 is 1.76 bits per heavy atom. The van der Waals surface area contributed by atoms with E-state index in [0.717, 1.165) is 22.8 Å². The van der Waals surface area contributed by atoms with E-state index in [1.807, 2.05) is 30.3 Å². The molecule has 0 saturated carbocycles. The molecule has 3 aromatic rings. The van der Waals surface area contributed by atoms with Crippen LogP contribution in [-0.2, 0) is 10.8 Å². The average Bonchev–Trinajstić information content (AvgIpc) is 3.19. The van der Waals surface area contributed by atoms with Gasteiger partial charge in [-0.3, -0.25) is 0 Å². The normalized spacial score (nSPS) is 12.8. The molecule has 0 aliphatic heterocycles. The lowest BCUT2D eigenvalue weighted by Gasteiger charge is -2.28. The quantitative estimate of drug-likeness (QED) is 0.667. The summed E-state index contributed by atoms with van der Waals surface area (Å²) >= 11 is 0. The lowest BCUT2D eigenvalue weighted by atomic mass is 9.76. The van der Waals surface area contributed by atoms with Crippen molar-refractivity contribution in [2.24, 2.45) is 0 Å². The maximum absolute atomic E-state index is 5.84. The van der Waals surface area contributed by atoms with Crippen molar-refractivity contribution in [1.82, 2.24) is 0 Å². The van der Waals surface area contributed by atoms with Crippen LogP contribution in [0.4, 0.5) is 0 Å². The summed E-state index contributed by atoms with van der Waals surface area (Å²) < 4.78 is 17.0. The van der Waals surface area contributed by atoms with Crippen LogP contribution in [0.25, 0.3) is 0 Å². The summed E-state index contributed by atoms with van der Waals surface area (Å²) in [5, 5.41) is 0. The van der Waals surface area contributed by atoms with Crippen LogP contribution in [0.2, 0.25) is 0 Å². The Balaban J connectivity index is 2.10. The smallest absolute Gasteiger partial charge is 0.121 e. The predicted molar refractivity (Wildman–Crippen MR) is 80.4 cm³/mol. The molecule has 0 amide bonds. The van der Waals surface area contributed by atoms with E-state index in [-0.39, 0.29) is 10.8 Å². The molecule has 0 aromatic carbocycles. The SMILES string of the molecule is CC(C)(c1ccco1)c1ccoc1C(C)(C)c1ccco1. The Labute approximate surface area is 124 Å². The maximum Gasteiger partial charge on any atom is 0.121 e. The highest BCUT2D eigenvalue weighted by Crippen LogP contribution is 2.42. The molecule has 3 nitrogen and oxygen atoms in total. The van der Waals surface area contributed by atoms with Crippen LogP contribution in [-0.4, -0.2) is 0 Å². The standard InChI is InChI=1S/C18H20O3/c1-17(2,14-7-5-10-19-14)13-9-12-21-16(13)18(3,4)15-8-6-11-20-15/h5-12H,1-4H3. The lowest BCUT2D eigenvalue weighted by Crippen LogP contribution is -2.26. The molecule has 0 unspecified atom stereocenters. The summed E-state index contributed by atoms with van der Waals surface area (Å²) in [6, 6.07) is 9.80. The molecule has 0 bridgehead atoms. The zero-order valence-corrected chi connectivity index (χ0v) is 12.8. The van der Waals surface area contributed by atoms with Gasteiger partial charge in [0.2, 0.25) is 0 Å². The first-order chi connectivity index (χ1) is 9.94. The van der Waals surface area contributed by atoms with E-state index in [1.54, 1.807) is 18.8 Å². The molecule has 0 aliphatic rings. The highest BCUT2D eigenvalue weighted by molar-refractivity contribution is 5.40. The number of hydrogen-bond donors (Lipinski definition) is 0. The largest absolute Gasteiger partial charge is 0.468 e. The summed E-state index contributed by atoms with van der Waals surface area (Å²) in [5.41, 5.74) is 0.501. The molecule has 0 atom stereocenters. The van der Waals surface area contributed by atoms with Crippen LogP contribution in [0.3, 0.4) is 0 Å². The molecule has 0 aliphatic carbocycles. The Hall–Kier alpha value is -2.16. The van der Waals surface area contributed by atoms with Gasteiger partial charge in [0.05, 0.1) is 29.6 Å². The van der Waals surface area contributed by atoms with Crippen LogP contribution < -0.4 is 0 Å². The van der Waals surface area contributed by atoms with E-state index < -0.39 is 0 Å². The maximum atomic E-state index is 5.84. The molecular weight excluding hydrogens is 264 g/mol. The minimum absolute atomic E-state index is 0.268. The lowest BCUT2D eigenvalue weighted by molar-refractivity contribution is 0.349. The van der Waals surface area contributed by atoms with Crippen molar-refractivity contribution >= 4 is 0 Å². The first-order valence-corrected chi connectivity index (χ1v) is 7.10. The van der Waals surface area contributed by atoms with Gasteiger partial charge in [0.15, 0.2) is 0 Å². The van der Waals surface area contributed by atoms with Gasteiger partial charge >= 0.3 is 0 Å². The molecule has 0 saturated heterocycles. The fraction of sp³-hybridized carbons (Fsp3) is 0.333. The third-order valence-corrected chi connectivity index (χ3v) is 4.18. The molecule has 0 N–H and O–H groups in total. The van der Waals surface area contributed by atoms with E-state index >= 15 is 0 Å². The third-order valence-electron chi connectivity index (χ3n) is 4.18. The highest BCUT2D eigenvalue weighted by atomic mass is 16.3. The second kappa shape index (κ2) is 4.69. The summed E-state index contributed by atoms with van der Waals surface area (Å²) in [6.45, 7) is 8.48. The van der Waals surface area contributed by atoms with Crippen molar-refractivity contribution in [2.75, 3.05) is 0 Å². The van der Waals surface area contributed by atoms with Gasteiger partial charge < -0.3 is 13.3 Å². The van der Waals surface area contributed by atoms with Crippen molar-refractivity contribution in [3.8, 4) is 0 Å². The number of hydrogen-bond acceptors (Lipinski definition) is 3.